The standard InChI is InChI=1S/C23H21N3O5/c1-15-7-9-18(14-24-15)22(27)26-25-13-16-8-10-20(21(11-16)30-3)31-23(28)17-5-4-6-19(12-17)29-2/h4-14H,1-3H3,(H,26,27). The fourth-order valence-corrected chi connectivity index (χ4v) is 2.59. The minimum Gasteiger partial charge on any atom is -0.497 e. The highest BCUT2D eigenvalue weighted by Crippen LogP contribution is 2.28. The summed E-state index contributed by atoms with van der Waals surface area (Å²) in [5.74, 6) is 0.227. The predicted octanol–water partition coefficient (Wildman–Crippen LogP) is 3.39. The highest BCUT2D eigenvalue weighted by Gasteiger charge is 2.13. The summed E-state index contributed by atoms with van der Waals surface area (Å²) >= 11 is 0. The monoisotopic (exact) mass is 419 g/mol. The molecule has 3 aromatic rings. The molecule has 0 aliphatic heterocycles. The molecule has 1 aromatic heterocycles. The van der Waals surface area contributed by atoms with Crippen LogP contribution in [-0.2, 0) is 0 Å². The summed E-state index contributed by atoms with van der Waals surface area (Å²) < 4.78 is 15.9. The molecule has 0 saturated carbocycles. The van der Waals surface area contributed by atoms with Gasteiger partial charge >= 0.3 is 5.97 Å². The maximum absolute atomic E-state index is 12.4. The molecular weight excluding hydrogens is 398 g/mol. The second-order valence-corrected chi connectivity index (χ2v) is 6.42. The van der Waals surface area contributed by atoms with E-state index in [1.807, 2.05) is 6.92 Å². The fraction of sp³-hybridized carbons (Fsp3) is 0.130. The van der Waals surface area contributed by atoms with Crippen LogP contribution in [0.1, 0.15) is 32.0 Å². The quantitative estimate of drug-likeness (QED) is 0.273. The molecule has 0 aliphatic rings. The van der Waals surface area contributed by atoms with Crippen LogP contribution in [0.3, 0.4) is 0 Å². The van der Waals surface area contributed by atoms with Gasteiger partial charge in [-0.1, -0.05) is 6.07 Å². The number of carbonyl (C=O) groups is 2. The van der Waals surface area contributed by atoms with Gasteiger partial charge in [-0.05, 0) is 61.0 Å². The number of carbonyl (C=O) groups excluding carboxylic acids is 2. The van der Waals surface area contributed by atoms with Crippen molar-refractivity contribution < 1.29 is 23.8 Å². The Kier molecular flexibility index (Phi) is 6.95. The normalized spacial score (nSPS) is 10.5. The number of rotatable bonds is 7. The summed E-state index contributed by atoms with van der Waals surface area (Å²) in [4.78, 5) is 28.6. The first kappa shape index (κ1) is 21.5. The predicted molar refractivity (Wildman–Crippen MR) is 115 cm³/mol. The molecule has 31 heavy (non-hydrogen) atoms. The number of hydrogen-bond donors (Lipinski definition) is 1. The van der Waals surface area contributed by atoms with Gasteiger partial charge in [0.15, 0.2) is 11.5 Å². The number of ether oxygens (including phenoxy) is 3. The van der Waals surface area contributed by atoms with Gasteiger partial charge in [0.25, 0.3) is 5.91 Å². The van der Waals surface area contributed by atoms with E-state index in [2.05, 4.69) is 15.5 Å². The Balaban J connectivity index is 1.67. The lowest BCUT2D eigenvalue weighted by Gasteiger charge is -2.10. The SMILES string of the molecule is COc1cccc(C(=O)Oc2ccc(C=NNC(=O)c3ccc(C)nc3)cc2OC)c1. The van der Waals surface area contributed by atoms with E-state index < -0.39 is 5.97 Å². The number of benzene rings is 2. The van der Waals surface area contributed by atoms with E-state index >= 15 is 0 Å². The molecule has 0 aliphatic carbocycles. The maximum Gasteiger partial charge on any atom is 0.343 e. The van der Waals surface area contributed by atoms with Gasteiger partial charge in [-0.15, -0.1) is 0 Å². The van der Waals surface area contributed by atoms with Crippen LogP contribution < -0.4 is 19.6 Å². The molecule has 1 amide bonds. The highest BCUT2D eigenvalue weighted by molar-refractivity contribution is 5.95. The molecule has 1 heterocycles. The molecule has 3 rings (SSSR count). The van der Waals surface area contributed by atoms with Crippen LogP contribution >= 0.6 is 0 Å². The van der Waals surface area contributed by atoms with Gasteiger partial charge in [-0.25, -0.2) is 10.2 Å². The Morgan fingerprint density at radius 1 is 0.968 bits per heavy atom. The lowest BCUT2D eigenvalue weighted by molar-refractivity contribution is 0.0729. The van der Waals surface area contributed by atoms with E-state index in [1.165, 1.54) is 26.6 Å². The summed E-state index contributed by atoms with van der Waals surface area (Å²) in [6.07, 6.45) is 2.93. The fourth-order valence-electron chi connectivity index (χ4n) is 2.59. The first-order valence-electron chi connectivity index (χ1n) is 9.30. The summed E-state index contributed by atoms with van der Waals surface area (Å²) in [5.41, 5.74) is 4.64. The highest BCUT2D eigenvalue weighted by atomic mass is 16.6. The van der Waals surface area contributed by atoms with Crippen LogP contribution in [0.15, 0.2) is 65.9 Å². The van der Waals surface area contributed by atoms with Crippen LogP contribution in [0.2, 0.25) is 0 Å². The maximum atomic E-state index is 12.4. The van der Waals surface area contributed by atoms with E-state index in [9.17, 15) is 9.59 Å². The van der Waals surface area contributed by atoms with Crippen LogP contribution in [0.5, 0.6) is 17.2 Å². The Morgan fingerprint density at radius 3 is 2.52 bits per heavy atom. The molecule has 0 radical (unpaired) electrons. The van der Waals surface area contributed by atoms with Crippen molar-refractivity contribution >= 4 is 18.1 Å². The molecule has 8 nitrogen and oxygen atoms in total. The Bertz CT molecular complexity index is 1110. The van der Waals surface area contributed by atoms with E-state index in [4.69, 9.17) is 14.2 Å². The smallest absolute Gasteiger partial charge is 0.343 e. The van der Waals surface area contributed by atoms with E-state index in [0.29, 0.717) is 28.2 Å². The van der Waals surface area contributed by atoms with Crippen molar-refractivity contribution in [2.45, 2.75) is 6.92 Å². The third kappa shape index (κ3) is 5.66. The van der Waals surface area contributed by atoms with Crippen LogP contribution in [0.4, 0.5) is 0 Å². The molecule has 158 valence electrons. The summed E-state index contributed by atoms with van der Waals surface area (Å²) in [6, 6.07) is 15.0. The number of methoxy groups -OCH3 is 2. The number of aromatic nitrogens is 1. The largest absolute Gasteiger partial charge is 0.497 e. The van der Waals surface area contributed by atoms with Crippen molar-refractivity contribution in [2.24, 2.45) is 5.10 Å². The Hall–Kier alpha value is -4.20. The van der Waals surface area contributed by atoms with Gasteiger partial charge in [0.1, 0.15) is 5.75 Å². The third-order valence-corrected chi connectivity index (χ3v) is 4.25. The van der Waals surface area contributed by atoms with Gasteiger partial charge < -0.3 is 14.2 Å². The topological polar surface area (TPSA) is 99.1 Å². The lowest BCUT2D eigenvalue weighted by Crippen LogP contribution is -2.17. The van der Waals surface area contributed by atoms with Gasteiger partial charge in [0.2, 0.25) is 0 Å². The first-order valence-corrected chi connectivity index (χ1v) is 9.30. The van der Waals surface area contributed by atoms with E-state index in [-0.39, 0.29) is 11.7 Å². The number of nitrogens with zero attached hydrogens (tertiary/aromatic N) is 2. The van der Waals surface area contributed by atoms with Gasteiger partial charge in [0.05, 0.1) is 31.6 Å². The molecule has 0 unspecified atom stereocenters. The van der Waals surface area contributed by atoms with E-state index in [0.717, 1.165) is 5.69 Å². The number of amides is 1. The molecular formula is C23H21N3O5. The van der Waals surface area contributed by atoms with Crippen LogP contribution in [0, 0.1) is 6.92 Å². The number of pyridine rings is 1. The Labute approximate surface area is 179 Å². The zero-order chi connectivity index (χ0) is 22.2. The number of esters is 1. The number of hydrogen-bond acceptors (Lipinski definition) is 7. The molecule has 1 N–H and O–H groups in total. The van der Waals surface area contributed by atoms with Crippen molar-refractivity contribution in [1.29, 1.82) is 0 Å². The summed E-state index contributed by atoms with van der Waals surface area (Å²) in [6.45, 7) is 1.84. The molecule has 0 bridgehead atoms. The zero-order valence-corrected chi connectivity index (χ0v) is 17.3. The second-order valence-electron chi connectivity index (χ2n) is 6.42. The van der Waals surface area contributed by atoms with E-state index in [1.54, 1.807) is 54.6 Å². The van der Waals surface area contributed by atoms with Crippen LogP contribution in [-0.4, -0.2) is 37.3 Å². The summed E-state index contributed by atoms with van der Waals surface area (Å²) in [5, 5.41) is 3.94. The Morgan fingerprint density at radius 2 is 1.81 bits per heavy atom. The van der Waals surface area contributed by atoms with Crippen molar-refractivity contribution in [1.82, 2.24) is 10.4 Å². The molecule has 0 atom stereocenters. The van der Waals surface area contributed by atoms with Crippen molar-refractivity contribution in [2.75, 3.05) is 14.2 Å². The second kappa shape index (κ2) is 10.0. The van der Waals surface area contributed by atoms with Crippen molar-refractivity contribution in [3.05, 3.63) is 83.2 Å². The average Bonchev–Trinajstić information content (AvgIpc) is 2.80. The summed E-state index contributed by atoms with van der Waals surface area (Å²) in [7, 11) is 2.99. The molecule has 8 heteroatoms. The molecule has 0 saturated heterocycles. The van der Waals surface area contributed by atoms with Gasteiger partial charge in [0, 0.05) is 11.9 Å². The number of hydrazone groups is 1. The van der Waals surface area contributed by atoms with Gasteiger partial charge in [-0.3, -0.25) is 9.78 Å². The minimum atomic E-state index is -0.544. The lowest BCUT2D eigenvalue weighted by atomic mass is 10.2. The van der Waals surface area contributed by atoms with Crippen LogP contribution in [0.25, 0.3) is 0 Å². The van der Waals surface area contributed by atoms with Crippen molar-refractivity contribution in [3.8, 4) is 17.2 Å². The van der Waals surface area contributed by atoms with Gasteiger partial charge in [-0.2, -0.15) is 5.10 Å². The zero-order valence-electron chi connectivity index (χ0n) is 17.3. The molecule has 0 fully saturated rings. The molecule has 2 aromatic carbocycles. The average molecular weight is 419 g/mol. The third-order valence-electron chi connectivity index (χ3n) is 4.25. The first-order chi connectivity index (χ1) is 15.0. The molecule has 0 spiro atoms. The number of nitrogens with one attached hydrogen (secondary N) is 1. The van der Waals surface area contributed by atoms with Crippen molar-refractivity contribution in [3.63, 3.8) is 0 Å². The minimum absolute atomic E-state index is 0.252. The number of aryl methyl sites for hydroxylation is 1.